The SMILES string of the molecule is CCOc1ccc(CNC(=O)c2ccc(Oc3nccnc3N3CCSCC3)cc2)cc1. The van der Waals surface area contributed by atoms with Crippen LogP contribution in [0.2, 0.25) is 0 Å². The Bertz CT molecular complexity index is 1020. The molecule has 0 bridgehead atoms. The van der Waals surface area contributed by atoms with Crippen LogP contribution in [0.3, 0.4) is 0 Å². The Hall–Kier alpha value is -3.26. The lowest BCUT2D eigenvalue weighted by Gasteiger charge is -2.28. The summed E-state index contributed by atoms with van der Waals surface area (Å²) in [6.07, 6.45) is 3.31. The fourth-order valence-electron chi connectivity index (χ4n) is 3.32. The van der Waals surface area contributed by atoms with Gasteiger partial charge in [-0.3, -0.25) is 4.79 Å². The van der Waals surface area contributed by atoms with Crippen molar-refractivity contribution in [2.45, 2.75) is 13.5 Å². The lowest BCUT2D eigenvalue weighted by atomic mass is 10.2. The van der Waals surface area contributed by atoms with Crippen molar-refractivity contribution in [1.29, 1.82) is 0 Å². The van der Waals surface area contributed by atoms with Crippen LogP contribution < -0.4 is 19.7 Å². The standard InChI is InChI=1S/C24H26N4O3S/c1-2-30-20-7-3-18(4-8-20)17-27-23(29)19-5-9-21(10-6-19)31-24-22(25-11-12-26-24)28-13-15-32-16-14-28/h3-12H,2,13-17H2,1H3,(H,27,29). The van der Waals surface area contributed by atoms with Crippen molar-refractivity contribution < 1.29 is 14.3 Å². The highest BCUT2D eigenvalue weighted by atomic mass is 32.2. The lowest BCUT2D eigenvalue weighted by molar-refractivity contribution is 0.0951. The number of carbonyl (C=O) groups is 1. The summed E-state index contributed by atoms with van der Waals surface area (Å²) < 4.78 is 11.4. The highest BCUT2D eigenvalue weighted by Gasteiger charge is 2.18. The van der Waals surface area contributed by atoms with Crippen molar-refractivity contribution in [1.82, 2.24) is 15.3 Å². The van der Waals surface area contributed by atoms with Crippen LogP contribution >= 0.6 is 11.8 Å². The first-order valence-electron chi connectivity index (χ1n) is 10.6. The predicted molar refractivity (Wildman–Crippen MR) is 127 cm³/mol. The van der Waals surface area contributed by atoms with Gasteiger partial charge in [0.25, 0.3) is 11.8 Å². The molecule has 0 spiro atoms. The number of benzene rings is 2. The largest absolute Gasteiger partial charge is 0.494 e. The number of nitrogens with one attached hydrogen (secondary N) is 1. The van der Waals surface area contributed by atoms with E-state index in [0.29, 0.717) is 30.3 Å². The maximum Gasteiger partial charge on any atom is 0.263 e. The molecule has 0 saturated carbocycles. The number of hydrogen-bond donors (Lipinski definition) is 1. The first-order valence-corrected chi connectivity index (χ1v) is 11.8. The van der Waals surface area contributed by atoms with Crippen LogP contribution in [-0.2, 0) is 6.54 Å². The minimum absolute atomic E-state index is 0.142. The fraction of sp³-hybridized carbons (Fsp3) is 0.292. The third-order valence-corrected chi connectivity index (χ3v) is 5.92. The Morgan fingerprint density at radius 1 is 1.00 bits per heavy atom. The normalized spacial score (nSPS) is 13.5. The second kappa shape index (κ2) is 10.9. The van der Waals surface area contributed by atoms with E-state index in [1.807, 2.05) is 43.0 Å². The first kappa shape index (κ1) is 22.0. The molecule has 4 rings (SSSR count). The second-order valence-corrected chi connectivity index (χ2v) is 8.40. The van der Waals surface area contributed by atoms with Crippen molar-refractivity contribution in [3.05, 3.63) is 72.1 Å². The number of hydrogen-bond acceptors (Lipinski definition) is 7. The number of rotatable bonds is 8. The maximum absolute atomic E-state index is 12.5. The minimum atomic E-state index is -0.142. The molecule has 1 N–H and O–H groups in total. The van der Waals surface area contributed by atoms with Gasteiger partial charge in [0.1, 0.15) is 11.5 Å². The summed E-state index contributed by atoms with van der Waals surface area (Å²) in [6, 6.07) is 14.7. The summed E-state index contributed by atoms with van der Waals surface area (Å²) in [5, 5.41) is 2.94. The third kappa shape index (κ3) is 5.70. The van der Waals surface area contributed by atoms with Gasteiger partial charge >= 0.3 is 0 Å². The van der Waals surface area contributed by atoms with E-state index in [1.54, 1.807) is 36.7 Å². The summed E-state index contributed by atoms with van der Waals surface area (Å²) in [4.78, 5) is 23.5. The molecule has 1 fully saturated rings. The van der Waals surface area contributed by atoms with E-state index < -0.39 is 0 Å². The monoisotopic (exact) mass is 450 g/mol. The van der Waals surface area contributed by atoms with Gasteiger partial charge in [-0.15, -0.1) is 0 Å². The van der Waals surface area contributed by atoms with Crippen molar-refractivity contribution in [3.8, 4) is 17.4 Å². The lowest BCUT2D eigenvalue weighted by Crippen LogP contribution is -2.33. The zero-order chi connectivity index (χ0) is 22.2. The van der Waals surface area contributed by atoms with E-state index in [0.717, 1.165) is 41.7 Å². The van der Waals surface area contributed by atoms with E-state index in [4.69, 9.17) is 9.47 Å². The maximum atomic E-state index is 12.5. The smallest absolute Gasteiger partial charge is 0.263 e. The van der Waals surface area contributed by atoms with Crippen molar-refractivity contribution >= 4 is 23.5 Å². The molecular weight excluding hydrogens is 424 g/mol. The van der Waals surface area contributed by atoms with Crippen LogP contribution in [0.25, 0.3) is 0 Å². The van der Waals surface area contributed by atoms with Gasteiger partial charge in [-0.2, -0.15) is 11.8 Å². The van der Waals surface area contributed by atoms with Gasteiger partial charge < -0.3 is 19.7 Å². The summed E-state index contributed by atoms with van der Waals surface area (Å²) in [5.41, 5.74) is 1.57. The predicted octanol–water partition coefficient (Wildman–Crippen LogP) is 4.15. The van der Waals surface area contributed by atoms with E-state index in [2.05, 4.69) is 20.2 Å². The summed E-state index contributed by atoms with van der Waals surface area (Å²) in [6.45, 7) is 4.87. The van der Waals surface area contributed by atoms with Crippen molar-refractivity contribution in [2.24, 2.45) is 0 Å². The van der Waals surface area contributed by atoms with E-state index >= 15 is 0 Å². The van der Waals surface area contributed by atoms with Crippen LogP contribution in [-0.4, -0.2) is 47.1 Å². The molecule has 1 saturated heterocycles. The van der Waals surface area contributed by atoms with Gasteiger partial charge in [-0.1, -0.05) is 12.1 Å². The first-order chi connectivity index (χ1) is 15.7. The molecule has 2 aromatic carbocycles. The van der Waals surface area contributed by atoms with Crippen LogP contribution in [0.1, 0.15) is 22.8 Å². The third-order valence-electron chi connectivity index (χ3n) is 4.98. The molecule has 0 unspecified atom stereocenters. The molecule has 1 aliphatic rings. The van der Waals surface area contributed by atoms with Crippen LogP contribution in [0.15, 0.2) is 60.9 Å². The van der Waals surface area contributed by atoms with E-state index in [-0.39, 0.29) is 5.91 Å². The summed E-state index contributed by atoms with van der Waals surface area (Å²) in [7, 11) is 0. The molecule has 1 aliphatic heterocycles. The molecule has 0 aliphatic carbocycles. The Balaban J connectivity index is 1.35. The van der Waals surface area contributed by atoms with Crippen LogP contribution in [0.5, 0.6) is 17.4 Å². The number of amides is 1. The van der Waals surface area contributed by atoms with E-state index in [1.165, 1.54) is 0 Å². The highest BCUT2D eigenvalue weighted by Crippen LogP contribution is 2.29. The number of anilines is 1. The molecule has 2 heterocycles. The highest BCUT2D eigenvalue weighted by molar-refractivity contribution is 7.99. The van der Waals surface area contributed by atoms with Gasteiger partial charge in [-0.25, -0.2) is 9.97 Å². The van der Waals surface area contributed by atoms with Crippen molar-refractivity contribution in [3.63, 3.8) is 0 Å². The molecule has 32 heavy (non-hydrogen) atoms. The summed E-state index contributed by atoms with van der Waals surface area (Å²) in [5.74, 6) is 4.66. The topological polar surface area (TPSA) is 76.6 Å². The zero-order valence-corrected chi connectivity index (χ0v) is 18.8. The van der Waals surface area contributed by atoms with Crippen molar-refractivity contribution in [2.75, 3.05) is 36.1 Å². The van der Waals surface area contributed by atoms with Gasteiger partial charge in [-0.05, 0) is 48.9 Å². The zero-order valence-electron chi connectivity index (χ0n) is 18.0. The molecule has 8 heteroatoms. The molecule has 1 amide bonds. The second-order valence-electron chi connectivity index (χ2n) is 7.17. The molecule has 0 radical (unpaired) electrons. The van der Waals surface area contributed by atoms with Gasteiger partial charge in [0.05, 0.1) is 6.61 Å². The molecule has 1 aromatic heterocycles. The number of thioether (sulfide) groups is 1. The van der Waals surface area contributed by atoms with Gasteiger partial charge in [0.15, 0.2) is 5.82 Å². The molecule has 0 atom stereocenters. The number of aromatic nitrogens is 2. The number of carbonyl (C=O) groups excluding carboxylic acids is 1. The average Bonchev–Trinajstić information content (AvgIpc) is 2.85. The minimum Gasteiger partial charge on any atom is -0.494 e. The molecule has 166 valence electrons. The van der Waals surface area contributed by atoms with Crippen LogP contribution in [0.4, 0.5) is 5.82 Å². The van der Waals surface area contributed by atoms with Gasteiger partial charge in [0, 0.05) is 49.1 Å². The van der Waals surface area contributed by atoms with Crippen LogP contribution in [0, 0.1) is 0 Å². The Kier molecular flexibility index (Phi) is 7.45. The van der Waals surface area contributed by atoms with Gasteiger partial charge in [0.2, 0.25) is 0 Å². The summed E-state index contributed by atoms with van der Waals surface area (Å²) >= 11 is 1.94. The number of ether oxygens (including phenoxy) is 2. The molecular formula is C24H26N4O3S. The Labute approximate surface area is 192 Å². The quantitative estimate of drug-likeness (QED) is 0.552. The Morgan fingerprint density at radius 2 is 1.69 bits per heavy atom. The fourth-order valence-corrected chi connectivity index (χ4v) is 4.23. The van der Waals surface area contributed by atoms with E-state index in [9.17, 15) is 4.79 Å². The molecule has 7 nitrogen and oxygen atoms in total. The molecule has 3 aromatic rings. The Morgan fingerprint density at radius 3 is 2.41 bits per heavy atom. The average molecular weight is 451 g/mol. The number of nitrogens with zero attached hydrogens (tertiary/aromatic N) is 3.